The molecular weight excluding hydrogens is 442 g/mol. The summed E-state index contributed by atoms with van der Waals surface area (Å²) in [5, 5.41) is 16.0. The van der Waals surface area contributed by atoms with E-state index in [4.69, 9.17) is 4.74 Å². The normalized spacial score (nSPS) is 23.2. The van der Waals surface area contributed by atoms with Gasteiger partial charge in [-0.1, -0.05) is 6.07 Å². The maximum Gasteiger partial charge on any atom is 0.271 e. The number of aromatic nitrogens is 1. The van der Waals surface area contributed by atoms with Gasteiger partial charge in [0.1, 0.15) is 23.5 Å². The van der Waals surface area contributed by atoms with Crippen molar-refractivity contribution in [2.45, 2.75) is 36.6 Å². The first-order valence-electron chi connectivity index (χ1n) is 10.9. The van der Waals surface area contributed by atoms with E-state index in [1.807, 2.05) is 24.5 Å². The van der Waals surface area contributed by atoms with E-state index in [0.29, 0.717) is 37.4 Å². The number of hydrogen-bond donors (Lipinski definition) is 3. The summed E-state index contributed by atoms with van der Waals surface area (Å²) < 4.78 is 5.39. The lowest BCUT2D eigenvalue weighted by molar-refractivity contribution is -0.126. The van der Waals surface area contributed by atoms with Crippen molar-refractivity contribution in [2.75, 3.05) is 26.5 Å². The van der Waals surface area contributed by atoms with Gasteiger partial charge in [0, 0.05) is 35.2 Å². The minimum absolute atomic E-state index is 0.0844. The van der Waals surface area contributed by atoms with E-state index in [1.165, 1.54) is 0 Å². The number of likely N-dealkylation sites (tertiary alicyclic amines) is 1. The fourth-order valence-electron chi connectivity index (χ4n) is 4.58. The van der Waals surface area contributed by atoms with Crippen LogP contribution >= 0.6 is 11.8 Å². The third kappa shape index (κ3) is 4.64. The molecule has 1 aromatic carbocycles. The number of carbonyl (C=O) groups is 3. The van der Waals surface area contributed by atoms with Gasteiger partial charge in [-0.3, -0.25) is 14.4 Å². The summed E-state index contributed by atoms with van der Waals surface area (Å²) in [5.41, 5.74) is 1.16. The van der Waals surface area contributed by atoms with Gasteiger partial charge in [-0.2, -0.15) is 17.0 Å². The van der Waals surface area contributed by atoms with Crippen LogP contribution in [0.2, 0.25) is 0 Å². The van der Waals surface area contributed by atoms with Crippen LogP contribution in [-0.4, -0.2) is 71.4 Å². The molecule has 10 heteroatoms. The molecule has 9 nitrogen and oxygen atoms in total. The molecule has 2 fully saturated rings. The van der Waals surface area contributed by atoms with E-state index in [2.05, 4.69) is 21.7 Å². The van der Waals surface area contributed by atoms with Crippen molar-refractivity contribution in [1.29, 1.82) is 5.26 Å². The number of ether oxygens (including phenoxy) is 1. The third-order valence-electron chi connectivity index (χ3n) is 6.39. The lowest BCUT2D eigenvalue weighted by Gasteiger charge is -2.25. The third-order valence-corrected chi connectivity index (χ3v) is 7.40. The van der Waals surface area contributed by atoms with Gasteiger partial charge < -0.3 is 25.3 Å². The lowest BCUT2D eigenvalue weighted by Crippen LogP contribution is -2.49. The van der Waals surface area contributed by atoms with Gasteiger partial charge >= 0.3 is 0 Å². The van der Waals surface area contributed by atoms with Crippen LogP contribution in [0, 0.1) is 17.2 Å². The number of methoxy groups -OCH3 is 1. The molecule has 1 aromatic heterocycles. The molecule has 0 bridgehead atoms. The Morgan fingerprint density at radius 3 is 2.91 bits per heavy atom. The zero-order valence-corrected chi connectivity index (χ0v) is 19.4. The maximum absolute atomic E-state index is 13.4. The molecule has 2 aliphatic rings. The fourth-order valence-corrected chi connectivity index (χ4v) is 5.27. The molecule has 3 N–H and O–H groups in total. The number of thioether (sulfide) groups is 1. The van der Waals surface area contributed by atoms with Gasteiger partial charge in [0.15, 0.2) is 0 Å². The van der Waals surface area contributed by atoms with Crippen LogP contribution < -0.4 is 15.4 Å². The number of fused-ring (bicyclic) bond motifs is 1. The molecule has 2 saturated heterocycles. The highest BCUT2D eigenvalue weighted by Crippen LogP contribution is 2.31. The van der Waals surface area contributed by atoms with Crippen LogP contribution in [0.25, 0.3) is 10.9 Å². The largest absolute Gasteiger partial charge is 0.496 e. The summed E-state index contributed by atoms with van der Waals surface area (Å²) in [6, 6.07) is 7.91. The molecule has 4 atom stereocenters. The van der Waals surface area contributed by atoms with Crippen molar-refractivity contribution in [3.8, 4) is 11.8 Å². The van der Waals surface area contributed by atoms with Gasteiger partial charge in [-0.25, -0.2) is 0 Å². The standard InChI is InChI=1S/C23H27N5O4S/c1-32-20-5-3-4-17-16(20)10-18(27-17)23(31)28-12-15(33-2)9-19(28)22(30)26-14(11-24)8-13-6-7-25-21(13)29/h3-5,10,13-15,19,27H,6-9,12H2,1-2H3,(H,25,29)(H,26,30)/t13-,14?,15+,19-/m0/s1. The molecule has 1 unspecified atom stereocenters. The number of nitriles is 1. The van der Waals surface area contributed by atoms with Crippen molar-refractivity contribution < 1.29 is 19.1 Å². The first kappa shape index (κ1) is 23.0. The Labute approximate surface area is 196 Å². The second kappa shape index (κ2) is 9.75. The Balaban J connectivity index is 1.52. The summed E-state index contributed by atoms with van der Waals surface area (Å²) in [5.74, 6) is -0.337. The van der Waals surface area contributed by atoms with Gasteiger partial charge in [-0.05, 0) is 43.7 Å². The molecule has 33 heavy (non-hydrogen) atoms. The topological polar surface area (TPSA) is 127 Å². The summed E-state index contributed by atoms with van der Waals surface area (Å²) in [6.45, 7) is 1.03. The van der Waals surface area contributed by atoms with Gasteiger partial charge in [-0.15, -0.1) is 0 Å². The Hall–Kier alpha value is -3.19. The lowest BCUT2D eigenvalue weighted by atomic mass is 9.99. The first-order valence-corrected chi connectivity index (χ1v) is 12.2. The van der Waals surface area contributed by atoms with Crippen LogP contribution in [0.15, 0.2) is 24.3 Å². The predicted molar refractivity (Wildman–Crippen MR) is 125 cm³/mol. The van der Waals surface area contributed by atoms with E-state index in [-0.39, 0.29) is 35.3 Å². The highest BCUT2D eigenvalue weighted by atomic mass is 32.2. The minimum atomic E-state index is -0.783. The first-order chi connectivity index (χ1) is 15.9. The van der Waals surface area contributed by atoms with Crippen molar-refractivity contribution in [1.82, 2.24) is 20.5 Å². The number of nitrogens with zero attached hydrogens (tertiary/aromatic N) is 2. The van der Waals surface area contributed by atoms with Gasteiger partial charge in [0.05, 0.1) is 13.2 Å². The van der Waals surface area contributed by atoms with Crippen LogP contribution in [0.3, 0.4) is 0 Å². The molecule has 4 rings (SSSR count). The number of nitrogens with one attached hydrogen (secondary N) is 3. The fraction of sp³-hybridized carbons (Fsp3) is 0.478. The van der Waals surface area contributed by atoms with Gasteiger partial charge in [0.2, 0.25) is 11.8 Å². The number of H-pyrrole nitrogens is 1. The van der Waals surface area contributed by atoms with Crippen molar-refractivity contribution in [3.05, 3.63) is 30.0 Å². The van der Waals surface area contributed by atoms with E-state index in [9.17, 15) is 19.6 Å². The van der Waals surface area contributed by atoms with E-state index in [0.717, 1.165) is 10.9 Å². The van der Waals surface area contributed by atoms with Crippen molar-refractivity contribution in [2.24, 2.45) is 5.92 Å². The van der Waals surface area contributed by atoms with E-state index >= 15 is 0 Å². The summed E-state index contributed by atoms with van der Waals surface area (Å²) in [6.07, 6.45) is 3.38. The second-order valence-corrected chi connectivity index (χ2v) is 9.51. The number of amides is 3. The molecule has 0 spiro atoms. The van der Waals surface area contributed by atoms with Crippen LogP contribution in [0.1, 0.15) is 29.8 Å². The van der Waals surface area contributed by atoms with Crippen LogP contribution in [0.5, 0.6) is 5.75 Å². The monoisotopic (exact) mass is 469 g/mol. The summed E-state index contributed by atoms with van der Waals surface area (Å²) >= 11 is 1.61. The highest BCUT2D eigenvalue weighted by molar-refractivity contribution is 7.99. The van der Waals surface area contributed by atoms with E-state index in [1.54, 1.807) is 29.8 Å². The molecule has 0 aliphatic carbocycles. The molecule has 2 aromatic rings. The van der Waals surface area contributed by atoms with Gasteiger partial charge in [0.25, 0.3) is 5.91 Å². The van der Waals surface area contributed by atoms with E-state index < -0.39 is 12.1 Å². The number of carbonyl (C=O) groups excluding carboxylic acids is 3. The second-order valence-electron chi connectivity index (χ2n) is 8.37. The Kier molecular flexibility index (Phi) is 6.79. The minimum Gasteiger partial charge on any atom is -0.496 e. The predicted octanol–water partition coefficient (Wildman–Crippen LogP) is 1.66. The average Bonchev–Trinajstić information content (AvgIpc) is 3.55. The molecule has 2 aliphatic heterocycles. The molecule has 174 valence electrons. The Morgan fingerprint density at radius 1 is 1.42 bits per heavy atom. The Morgan fingerprint density at radius 2 is 2.24 bits per heavy atom. The highest BCUT2D eigenvalue weighted by Gasteiger charge is 2.41. The zero-order valence-electron chi connectivity index (χ0n) is 18.6. The van der Waals surface area contributed by atoms with Crippen molar-refractivity contribution >= 4 is 40.4 Å². The van der Waals surface area contributed by atoms with Crippen molar-refractivity contribution in [3.63, 3.8) is 0 Å². The molecule has 3 heterocycles. The SMILES string of the molecule is COc1cccc2[nH]c(C(=O)N3C[C@H](SC)C[C@H]3C(=O)NC(C#N)C[C@@H]3CCNC3=O)cc12. The van der Waals surface area contributed by atoms with Crippen LogP contribution in [-0.2, 0) is 9.59 Å². The molecule has 3 amide bonds. The number of rotatable bonds is 7. The summed E-state index contributed by atoms with van der Waals surface area (Å²) in [7, 11) is 1.58. The zero-order chi connectivity index (χ0) is 23.5. The summed E-state index contributed by atoms with van der Waals surface area (Å²) in [4.78, 5) is 43.1. The molecule has 0 saturated carbocycles. The quantitative estimate of drug-likeness (QED) is 0.566. The van der Waals surface area contributed by atoms with Crippen LogP contribution in [0.4, 0.5) is 0 Å². The molecule has 0 radical (unpaired) electrons. The Bertz CT molecular complexity index is 1110. The molecular formula is C23H27N5O4S. The number of aromatic amines is 1. The maximum atomic E-state index is 13.4. The number of benzene rings is 1. The average molecular weight is 470 g/mol. The smallest absolute Gasteiger partial charge is 0.271 e. The number of hydrogen-bond acceptors (Lipinski definition) is 6.